The molecule has 0 aliphatic heterocycles. The van der Waals surface area contributed by atoms with Crippen molar-refractivity contribution in [1.82, 2.24) is 0 Å². The SMILES string of the molecule is COc1ccc(Cl)c(F)c1[B-](F)(F)F. The summed E-state index contributed by atoms with van der Waals surface area (Å²) in [7, 11) is 1.04. The number of ether oxygens (including phenoxy) is 1. The molecule has 0 bridgehead atoms. The minimum absolute atomic E-state index is 0.556. The lowest BCUT2D eigenvalue weighted by Crippen LogP contribution is -2.38. The van der Waals surface area contributed by atoms with Gasteiger partial charge in [-0.05, 0) is 17.6 Å². The van der Waals surface area contributed by atoms with Gasteiger partial charge < -0.3 is 17.7 Å². The minimum Gasteiger partial charge on any atom is -0.500 e. The van der Waals surface area contributed by atoms with Gasteiger partial charge in [0, 0.05) is 0 Å². The highest BCUT2D eigenvalue weighted by Crippen LogP contribution is 2.24. The fourth-order valence-electron chi connectivity index (χ4n) is 1.03. The molecular formula is C7H5BClF4O-. The smallest absolute Gasteiger partial charge is 0.500 e. The van der Waals surface area contributed by atoms with Gasteiger partial charge in [0.05, 0.1) is 17.9 Å². The molecule has 0 aliphatic rings. The first-order valence-electron chi connectivity index (χ1n) is 3.59. The van der Waals surface area contributed by atoms with Crippen molar-refractivity contribution in [3.05, 3.63) is 23.0 Å². The maximum Gasteiger partial charge on any atom is 0.516 e. The minimum atomic E-state index is -5.47. The van der Waals surface area contributed by atoms with Crippen LogP contribution in [0.15, 0.2) is 12.1 Å². The second-order valence-electron chi connectivity index (χ2n) is 2.55. The molecule has 7 heteroatoms. The van der Waals surface area contributed by atoms with Crippen molar-refractivity contribution in [1.29, 1.82) is 0 Å². The molecule has 0 saturated carbocycles. The molecule has 1 nitrogen and oxygen atoms in total. The molecule has 14 heavy (non-hydrogen) atoms. The van der Waals surface area contributed by atoms with Crippen LogP contribution in [0.2, 0.25) is 5.02 Å². The van der Waals surface area contributed by atoms with Crippen LogP contribution in [0, 0.1) is 5.82 Å². The Kier molecular flexibility index (Phi) is 2.94. The number of halogens is 5. The van der Waals surface area contributed by atoms with Crippen molar-refractivity contribution >= 4 is 24.0 Å². The number of hydrogen-bond acceptors (Lipinski definition) is 1. The van der Waals surface area contributed by atoms with Gasteiger partial charge in [0.2, 0.25) is 0 Å². The predicted molar refractivity (Wildman–Crippen MR) is 46.7 cm³/mol. The van der Waals surface area contributed by atoms with Gasteiger partial charge in [0.15, 0.2) is 0 Å². The van der Waals surface area contributed by atoms with Crippen molar-refractivity contribution in [2.75, 3.05) is 7.11 Å². The van der Waals surface area contributed by atoms with E-state index in [9.17, 15) is 17.3 Å². The Morgan fingerprint density at radius 1 is 1.29 bits per heavy atom. The zero-order valence-electron chi connectivity index (χ0n) is 7.03. The lowest BCUT2D eigenvalue weighted by atomic mass is 9.79. The molecule has 0 spiro atoms. The third-order valence-corrected chi connectivity index (χ3v) is 1.93. The highest BCUT2D eigenvalue weighted by atomic mass is 35.5. The molecule has 1 aromatic carbocycles. The average Bonchev–Trinajstić information content (AvgIpc) is 2.07. The summed E-state index contributed by atoms with van der Waals surface area (Å²) in [6.45, 7) is -5.47. The summed E-state index contributed by atoms with van der Waals surface area (Å²) in [6, 6.07) is 2.00. The van der Waals surface area contributed by atoms with Crippen molar-refractivity contribution in [3.8, 4) is 5.75 Å². The summed E-state index contributed by atoms with van der Waals surface area (Å²) in [5.41, 5.74) is -1.42. The van der Waals surface area contributed by atoms with Crippen molar-refractivity contribution in [2.24, 2.45) is 0 Å². The Morgan fingerprint density at radius 3 is 2.29 bits per heavy atom. The number of methoxy groups -OCH3 is 1. The lowest BCUT2D eigenvalue weighted by molar-refractivity contribution is 0.409. The van der Waals surface area contributed by atoms with Crippen molar-refractivity contribution in [3.63, 3.8) is 0 Å². The summed E-state index contributed by atoms with van der Waals surface area (Å²) in [5, 5.41) is -0.569. The molecule has 0 fully saturated rings. The highest BCUT2D eigenvalue weighted by Gasteiger charge is 2.33. The van der Waals surface area contributed by atoms with Gasteiger partial charge >= 0.3 is 6.98 Å². The van der Waals surface area contributed by atoms with Crippen LogP contribution in [0.25, 0.3) is 0 Å². The van der Waals surface area contributed by atoms with Gasteiger partial charge in [-0.3, -0.25) is 0 Å². The van der Waals surface area contributed by atoms with Crippen LogP contribution >= 0.6 is 11.6 Å². The normalized spacial score (nSPS) is 11.6. The Balaban J connectivity index is 3.44. The first-order valence-corrected chi connectivity index (χ1v) is 3.97. The highest BCUT2D eigenvalue weighted by molar-refractivity contribution is 6.74. The maximum atomic E-state index is 13.0. The van der Waals surface area contributed by atoms with E-state index in [1.54, 1.807) is 0 Å². The van der Waals surface area contributed by atoms with E-state index >= 15 is 0 Å². The Labute approximate surface area is 82.7 Å². The fourth-order valence-corrected chi connectivity index (χ4v) is 1.20. The van der Waals surface area contributed by atoms with Gasteiger partial charge in [0.25, 0.3) is 0 Å². The molecule has 0 amide bonds. The summed E-state index contributed by atoms with van der Waals surface area (Å²) < 4.78 is 54.5. The summed E-state index contributed by atoms with van der Waals surface area (Å²) in [6.07, 6.45) is 0. The lowest BCUT2D eigenvalue weighted by Gasteiger charge is -2.19. The first-order chi connectivity index (χ1) is 6.38. The van der Waals surface area contributed by atoms with Crippen molar-refractivity contribution in [2.45, 2.75) is 0 Å². The molecule has 0 aliphatic carbocycles. The van der Waals surface area contributed by atoms with E-state index < -0.39 is 29.0 Å². The van der Waals surface area contributed by atoms with E-state index in [4.69, 9.17) is 11.6 Å². The molecular weight excluding hydrogens is 222 g/mol. The maximum absolute atomic E-state index is 13.0. The van der Waals surface area contributed by atoms with Gasteiger partial charge in [-0.25, -0.2) is 4.39 Å². The number of rotatable bonds is 2. The molecule has 0 aromatic heterocycles. The summed E-state index contributed by atoms with van der Waals surface area (Å²) in [5.74, 6) is -2.04. The van der Waals surface area contributed by atoms with E-state index in [2.05, 4.69) is 4.74 Å². The number of hydrogen-bond donors (Lipinski definition) is 0. The topological polar surface area (TPSA) is 9.23 Å². The zero-order valence-corrected chi connectivity index (χ0v) is 7.79. The molecule has 1 aromatic rings. The van der Waals surface area contributed by atoms with Crippen LogP contribution < -0.4 is 10.2 Å². The summed E-state index contributed by atoms with van der Waals surface area (Å²) in [4.78, 5) is 0. The van der Waals surface area contributed by atoms with E-state index in [-0.39, 0.29) is 0 Å². The van der Waals surface area contributed by atoms with E-state index in [1.165, 1.54) is 0 Å². The van der Waals surface area contributed by atoms with Crippen LogP contribution in [0.3, 0.4) is 0 Å². The van der Waals surface area contributed by atoms with Crippen LogP contribution in [-0.4, -0.2) is 14.1 Å². The van der Waals surface area contributed by atoms with Gasteiger partial charge in [0.1, 0.15) is 5.82 Å². The molecule has 0 N–H and O–H groups in total. The van der Waals surface area contributed by atoms with Crippen LogP contribution in [0.5, 0.6) is 5.75 Å². The number of benzene rings is 1. The monoisotopic (exact) mass is 227 g/mol. The first kappa shape index (κ1) is 11.2. The fraction of sp³-hybridized carbons (Fsp3) is 0.143. The van der Waals surface area contributed by atoms with Crippen LogP contribution in [0.4, 0.5) is 17.3 Å². The quantitative estimate of drug-likeness (QED) is 0.557. The molecule has 0 atom stereocenters. The van der Waals surface area contributed by atoms with Gasteiger partial charge in [-0.2, -0.15) is 0 Å². The largest absolute Gasteiger partial charge is 0.516 e. The summed E-state index contributed by atoms with van der Waals surface area (Å²) >= 11 is 5.23. The van der Waals surface area contributed by atoms with Crippen LogP contribution in [-0.2, 0) is 0 Å². The standard InChI is InChI=1S/C7H5BClF4O/c1-14-5-3-2-4(9)7(10)6(5)8(11,12)13/h2-3H,1H3/q-1. The van der Waals surface area contributed by atoms with Crippen LogP contribution in [0.1, 0.15) is 0 Å². The Morgan fingerprint density at radius 2 is 1.86 bits per heavy atom. The molecule has 78 valence electrons. The van der Waals surface area contributed by atoms with E-state index in [0.717, 1.165) is 19.2 Å². The predicted octanol–water partition coefficient (Wildman–Crippen LogP) is 2.54. The second kappa shape index (κ2) is 3.69. The third kappa shape index (κ3) is 1.95. The Bertz CT molecular complexity index is 352. The van der Waals surface area contributed by atoms with Gasteiger partial charge in [-0.15, -0.1) is 0 Å². The van der Waals surface area contributed by atoms with Gasteiger partial charge in [-0.1, -0.05) is 11.6 Å². The van der Waals surface area contributed by atoms with Crippen molar-refractivity contribution < 1.29 is 22.1 Å². The second-order valence-corrected chi connectivity index (χ2v) is 2.96. The van der Waals surface area contributed by atoms with E-state index in [1.807, 2.05) is 0 Å². The molecule has 0 radical (unpaired) electrons. The third-order valence-electron chi connectivity index (χ3n) is 1.64. The molecule has 0 unspecified atom stereocenters. The Hall–Kier alpha value is -0.905. The molecule has 1 rings (SSSR count). The zero-order chi connectivity index (χ0) is 10.9. The molecule has 0 heterocycles. The average molecular weight is 227 g/mol. The van der Waals surface area contributed by atoms with E-state index in [0.29, 0.717) is 0 Å². The molecule has 0 saturated heterocycles.